The molecule has 7 rings (SSSR count). The number of rotatable bonds is 11. The van der Waals surface area contributed by atoms with E-state index in [1.807, 2.05) is 54.6 Å². The SMILES string of the molecule is COC1=C[C@@]23CCCN2CCc2cc4c(cc2[C@@H]3C1OC(=O)[C@@](O)(CCCC(C)(C)O)CC(=O)OCc1cccc2ccccc12)OCO4. The number of carbonyl (C=O) groups is 2. The molecular weight excluding hydrogens is 626 g/mol. The largest absolute Gasteiger partial charge is 0.497 e. The van der Waals surface area contributed by atoms with Gasteiger partial charge in [-0.15, -0.1) is 0 Å². The predicted octanol–water partition coefficient (Wildman–Crippen LogP) is 5.30. The summed E-state index contributed by atoms with van der Waals surface area (Å²) in [6.45, 7) is 5.18. The van der Waals surface area contributed by atoms with Gasteiger partial charge in [0.2, 0.25) is 6.79 Å². The summed E-state index contributed by atoms with van der Waals surface area (Å²) in [6.07, 6.45) is 3.74. The van der Waals surface area contributed by atoms with Crippen molar-refractivity contribution in [1.29, 1.82) is 0 Å². The zero-order valence-corrected chi connectivity index (χ0v) is 28.4. The first kappa shape index (κ1) is 33.4. The zero-order valence-electron chi connectivity index (χ0n) is 28.4. The Labute approximate surface area is 286 Å². The highest BCUT2D eigenvalue weighted by molar-refractivity contribution is 5.87. The highest BCUT2D eigenvalue weighted by Crippen LogP contribution is 2.55. The molecule has 260 valence electrons. The van der Waals surface area contributed by atoms with Gasteiger partial charge in [0, 0.05) is 6.54 Å². The number of carbonyl (C=O) groups excluding carboxylic acids is 2. The standard InChI is InChI=1S/C39H45NO9/c1-37(2,43)14-7-16-39(44,22-33(41)46-23-27-11-6-10-25-9-4-5-12-28(25)27)36(42)49-35-32(45-3)21-38-15-8-17-40(38)18-13-26-19-30-31(48-24-47-30)20-29(26)34(35)38/h4-6,9-12,19-21,34-35,43-44H,7-8,13-18,22-24H2,1-3H3/t34-,35?,38-,39-/m1/s1. The van der Waals surface area contributed by atoms with Crippen LogP contribution in [0.4, 0.5) is 0 Å². The molecule has 4 aliphatic rings. The van der Waals surface area contributed by atoms with Crippen LogP contribution in [0.2, 0.25) is 0 Å². The Hall–Kier alpha value is -4.12. The van der Waals surface area contributed by atoms with Gasteiger partial charge in [0.05, 0.1) is 30.6 Å². The van der Waals surface area contributed by atoms with Crippen LogP contribution in [0.25, 0.3) is 10.8 Å². The van der Waals surface area contributed by atoms with Gasteiger partial charge >= 0.3 is 11.9 Å². The smallest absolute Gasteiger partial charge is 0.339 e. The van der Waals surface area contributed by atoms with Crippen LogP contribution in [0.5, 0.6) is 11.5 Å². The Bertz CT molecular complexity index is 1770. The molecule has 1 unspecified atom stereocenters. The Balaban J connectivity index is 1.16. The monoisotopic (exact) mass is 671 g/mol. The molecule has 4 atom stereocenters. The van der Waals surface area contributed by atoms with E-state index < -0.39 is 41.2 Å². The maximum absolute atomic E-state index is 14.3. The molecule has 3 aliphatic heterocycles. The molecule has 3 aromatic carbocycles. The number of benzene rings is 3. The summed E-state index contributed by atoms with van der Waals surface area (Å²) in [4.78, 5) is 30.1. The number of hydrogen-bond donors (Lipinski definition) is 2. The lowest BCUT2D eigenvalue weighted by Gasteiger charge is -2.39. The van der Waals surface area contributed by atoms with Crippen molar-refractivity contribution >= 4 is 22.7 Å². The molecule has 1 saturated heterocycles. The van der Waals surface area contributed by atoms with Gasteiger partial charge in [-0.2, -0.15) is 0 Å². The van der Waals surface area contributed by atoms with Crippen molar-refractivity contribution in [2.45, 2.75) is 94.2 Å². The highest BCUT2D eigenvalue weighted by Gasteiger charge is 2.59. The topological polar surface area (TPSA) is 124 Å². The molecule has 0 amide bonds. The van der Waals surface area contributed by atoms with Gasteiger partial charge in [-0.1, -0.05) is 42.5 Å². The number of hydrogen-bond acceptors (Lipinski definition) is 10. The summed E-state index contributed by atoms with van der Waals surface area (Å²) >= 11 is 0. The van der Waals surface area contributed by atoms with Gasteiger partial charge in [-0.25, -0.2) is 4.79 Å². The van der Waals surface area contributed by atoms with Crippen molar-refractivity contribution in [2.24, 2.45) is 0 Å². The third-order valence-corrected chi connectivity index (χ3v) is 10.7. The molecule has 0 aromatic heterocycles. The van der Waals surface area contributed by atoms with Gasteiger partial charge in [0.25, 0.3) is 0 Å². The molecular formula is C39H45NO9. The van der Waals surface area contributed by atoms with Crippen LogP contribution < -0.4 is 9.47 Å². The zero-order chi connectivity index (χ0) is 34.4. The minimum Gasteiger partial charge on any atom is -0.497 e. The average Bonchev–Trinajstić information content (AvgIpc) is 3.76. The lowest BCUT2D eigenvalue weighted by molar-refractivity contribution is -0.179. The van der Waals surface area contributed by atoms with E-state index in [4.69, 9.17) is 23.7 Å². The minimum atomic E-state index is -2.20. The predicted molar refractivity (Wildman–Crippen MR) is 181 cm³/mol. The third kappa shape index (κ3) is 6.37. The van der Waals surface area contributed by atoms with Crippen molar-refractivity contribution in [1.82, 2.24) is 4.90 Å². The number of methoxy groups -OCH3 is 1. The molecule has 1 fully saturated rings. The van der Waals surface area contributed by atoms with E-state index in [9.17, 15) is 19.8 Å². The van der Waals surface area contributed by atoms with Crippen LogP contribution in [0.15, 0.2) is 66.4 Å². The number of aliphatic hydroxyl groups is 2. The Morgan fingerprint density at radius 1 is 1.02 bits per heavy atom. The van der Waals surface area contributed by atoms with Crippen LogP contribution in [-0.4, -0.2) is 76.9 Å². The van der Waals surface area contributed by atoms with Crippen LogP contribution >= 0.6 is 0 Å². The summed E-state index contributed by atoms with van der Waals surface area (Å²) in [5.74, 6) is -0.132. The first-order valence-corrected chi connectivity index (χ1v) is 17.2. The Kier molecular flexibility index (Phi) is 8.83. The van der Waals surface area contributed by atoms with E-state index in [1.165, 1.54) is 0 Å². The maximum Gasteiger partial charge on any atom is 0.339 e. The molecule has 3 aromatic rings. The molecule has 0 bridgehead atoms. The van der Waals surface area contributed by atoms with Crippen molar-refractivity contribution < 1.29 is 43.5 Å². The normalized spacial score (nSPS) is 23.9. The molecule has 10 heteroatoms. The lowest BCUT2D eigenvalue weighted by atomic mass is 9.77. The lowest BCUT2D eigenvalue weighted by Crippen LogP contribution is -2.49. The van der Waals surface area contributed by atoms with Crippen molar-refractivity contribution in [3.05, 3.63) is 83.1 Å². The first-order chi connectivity index (χ1) is 23.5. The summed E-state index contributed by atoms with van der Waals surface area (Å²) in [5, 5.41) is 24.4. The van der Waals surface area contributed by atoms with E-state index >= 15 is 0 Å². The van der Waals surface area contributed by atoms with E-state index in [0.29, 0.717) is 23.7 Å². The third-order valence-electron chi connectivity index (χ3n) is 10.7. The van der Waals surface area contributed by atoms with E-state index in [1.54, 1.807) is 21.0 Å². The molecule has 49 heavy (non-hydrogen) atoms. The fraction of sp³-hybridized carbons (Fsp3) is 0.487. The number of nitrogens with zero attached hydrogens (tertiary/aromatic N) is 1. The van der Waals surface area contributed by atoms with Crippen LogP contribution in [0.1, 0.15) is 75.0 Å². The molecule has 2 N–H and O–H groups in total. The number of ether oxygens (including phenoxy) is 5. The van der Waals surface area contributed by atoms with Crippen molar-refractivity contribution in [2.75, 3.05) is 27.0 Å². The van der Waals surface area contributed by atoms with Crippen LogP contribution in [0.3, 0.4) is 0 Å². The summed E-state index contributed by atoms with van der Waals surface area (Å²) in [6, 6.07) is 17.6. The highest BCUT2D eigenvalue weighted by atomic mass is 16.7. The summed E-state index contributed by atoms with van der Waals surface area (Å²) in [7, 11) is 1.56. The van der Waals surface area contributed by atoms with E-state index in [-0.39, 0.29) is 32.2 Å². The van der Waals surface area contributed by atoms with Crippen molar-refractivity contribution in [3.8, 4) is 11.5 Å². The maximum atomic E-state index is 14.3. The minimum absolute atomic E-state index is 0.0124. The molecule has 1 aliphatic carbocycles. The van der Waals surface area contributed by atoms with Gasteiger partial charge in [-0.3, -0.25) is 9.69 Å². The molecule has 0 radical (unpaired) electrons. The Morgan fingerprint density at radius 3 is 2.59 bits per heavy atom. The van der Waals surface area contributed by atoms with E-state index in [0.717, 1.165) is 59.8 Å². The Morgan fingerprint density at radius 2 is 1.80 bits per heavy atom. The second kappa shape index (κ2) is 13.0. The van der Waals surface area contributed by atoms with Gasteiger partial charge in [0.15, 0.2) is 23.2 Å². The summed E-state index contributed by atoms with van der Waals surface area (Å²) in [5.41, 5.74) is -0.771. The molecule has 1 spiro atoms. The van der Waals surface area contributed by atoms with Gasteiger partial charge in [-0.05, 0) is 105 Å². The summed E-state index contributed by atoms with van der Waals surface area (Å²) < 4.78 is 29.4. The number of esters is 2. The van der Waals surface area contributed by atoms with Gasteiger partial charge in [0.1, 0.15) is 12.4 Å². The quantitative estimate of drug-likeness (QED) is 0.260. The van der Waals surface area contributed by atoms with E-state index in [2.05, 4.69) is 11.0 Å². The average molecular weight is 672 g/mol. The second-order valence-corrected chi connectivity index (χ2v) is 14.5. The second-order valence-electron chi connectivity index (χ2n) is 14.5. The molecule has 3 heterocycles. The fourth-order valence-corrected chi connectivity index (χ4v) is 8.26. The van der Waals surface area contributed by atoms with Crippen LogP contribution in [0, 0.1) is 0 Å². The molecule has 0 saturated carbocycles. The fourth-order valence-electron chi connectivity index (χ4n) is 8.26. The van der Waals surface area contributed by atoms with Crippen LogP contribution in [-0.2, 0) is 36.8 Å². The van der Waals surface area contributed by atoms with Crippen molar-refractivity contribution in [3.63, 3.8) is 0 Å². The molecule has 10 nitrogen and oxygen atoms in total. The van der Waals surface area contributed by atoms with Gasteiger partial charge < -0.3 is 33.9 Å². The number of fused-ring (bicyclic) bond motifs is 4. The first-order valence-electron chi connectivity index (χ1n) is 17.2.